The van der Waals surface area contributed by atoms with E-state index in [0.717, 1.165) is 31.8 Å². The molecule has 0 spiro atoms. The molecule has 0 aliphatic carbocycles. The van der Waals surface area contributed by atoms with Gasteiger partial charge in [-0.2, -0.15) is 4.73 Å². The summed E-state index contributed by atoms with van der Waals surface area (Å²) in [6.07, 6.45) is 8.60. The summed E-state index contributed by atoms with van der Waals surface area (Å²) in [5.74, 6) is 0.741. The number of hydrogen-bond acceptors (Lipinski definition) is 2. The molecule has 1 saturated heterocycles. The van der Waals surface area contributed by atoms with Gasteiger partial charge in [0.25, 0.3) is 5.91 Å². The minimum absolute atomic E-state index is 0.0117. The number of carbonyl (C=O) groups is 1. The van der Waals surface area contributed by atoms with Gasteiger partial charge in [-0.25, -0.2) is 0 Å². The number of rotatable bonds is 3. The highest BCUT2D eigenvalue weighted by atomic mass is 16.5. The monoisotopic (exact) mass is 262 g/mol. The van der Waals surface area contributed by atoms with E-state index in [1.165, 1.54) is 31.7 Å². The number of likely N-dealkylation sites (tertiary alicyclic amines) is 1. The summed E-state index contributed by atoms with van der Waals surface area (Å²) in [7, 11) is 0. The largest absolute Gasteiger partial charge is 0.619 e. The predicted octanol–water partition coefficient (Wildman–Crippen LogP) is 2.36. The van der Waals surface area contributed by atoms with Crippen LogP contribution in [0, 0.1) is 11.1 Å². The molecule has 1 aliphatic rings. The van der Waals surface area contributed by atoms with E-state index in [4.69, 9.17) is 0 Å². The lowest BCUT2D eigenvalue weighted by molar-refractivity contribution is -0.605. The lowest BCUT2D eigenvalue weighted by Gasteiger charge is -2.20. The van der Waals surface area contributed by atoms with E-state index in [-0.39, 0.29) is 5.91 Å². The molecule has 1 aromatic heterocycles. The molecule has 1 aliphatic heterocycles. The second kappa shape index (κ2) is 6.55. The topological polar surface area (TPSA) is 47.2 Å². The summed E-state index contributed by atoms with van der Waals surface area (Å²) >= 11 is 0. The van der Waals surface area contributed by atoms with Crippen molar-refractivity contribution in [3.8, 4) is 0 Å². The smallest absolute Gasteiger partial charge is 0.259 e. The van der Waals surface area contributed by atoms with Crippen molar-refractivity contribution in [3.63, 3.8) is 0 Å². The van der Waals surface area contributed by atoms with Crippen molar-refractivity contribution in [2.24, 2.45) is 5.92 Å². The molecule has 0 aromatic carbocycles. The number of hydrogen-bond donors (Lipinski definition) is 0. The fourth-order valence-electron chi connectivity index (χ4n) is 2.83. The van der Waals surface area contributed by atoms with E-state index in [9.17, 15) is 10.0 Å². The van der Waals surface area contributed by atoms with Gasteiger partial charge >= 0.3 is 0 Å². The maximum absolute atomic E-state index is 12.3. The predicted molar refractivity (Wildman–Crippen MR) is 73.6 cm³/mol. The number of amides is 1. The molecule has 1 fully saturated rings. The molecular weight excluding hydrogens is 240 g/mol. The molecule has 1 amide bonds. The van der Waals surface area contributed by atoms with Crippen LogP contribution in [0.1, 0.15) is 49.4 Å². The zero-order chi connectivity index (χ0) is 13.7. The van der Waals surface area contributed by atoms with E-state index in [1.54, 1.807) is 12.1 Å². The van der Waals surface area contributed by atoms with Crippen LogP contribution < -0.4 is 4.73 Å². The molecule has 1 unspecified atom stereocenters. The Balaban J connectivity index is 2.00. The van der Waals surface area contributed by atoms with Gasteiger partial charge in [0.2, 0.25) is 0 Å². The summed E-state index contributed by atoms with van der Waals surface area (Å²) < 4.78 is 0.685. The van der Waals surface area contributed by atoms with E-state index in [2.05, 4.69) is 6.92 Å². The summed E-state index contributed by atoms with van der Waals surface area (Å²) in [5, 5.41) is 11.2. The number of pyridine rings is 1. The fraction of sp³-hybridized carbons (Fsp3) is 0.600. The minimum atomic E-state index is -0.0117. The number of aromatic nitrogens is 1. The van der Waals surface area contributed by atoms with Crippen molar-refractivity contribution in [1.29, 1.82) is 0 Å². The van der Waals surface area contributed by atoms with Crippen molar-refractivity contribution in [2.75, 3.05) is 13.1 Å². The van der Waals surface area contributed by atoms with Crippen molar-refractivity contribution in [2.45, 2.75) is 39.0 Å². The highest BCUT2D eigenvalue weighted by molar-refractivity contribution is 5.93. The van der Waals surface area contributed by atoms with Gasteiger partial charge in [0, 0.05) is 19.2 Å². The molecule has 19 heavy (non-hydrogen) atoms. The van der Waals surface area contributed by atoms with Gasteiger partial charge in [0.15, 0.2) is 12.4 Å². The average Bonchev–Trinajstić information content (AvgIpc) is 2.64. The first-order valence-electron chi connectivity index (χ1n) is 7.19. The van der Waals surface area contributed by atoms with Crippen LogP contribution in [0.25, 0.3) is 0 Å². The van der Waals surface area contributed by atoms with E-state index < -0.39 is 0 Å². The summed E-state index contributed by atoms with van der Waals surface area (Å²) in [4.78, 5) is 14.2. The molecule has 0 N–H and O–H groups in total. The third-order valence-corrected chi connectivity index (χ3v) is 3.85. The Labute approximate surface area is 114 Å². The summed E-state index contributed by atoms with van der Waals surface area (Å²) in [5.41, 5.74) is 0.492. The molecule has 0 radical (unpaired) electrons. The Morgan fingerprint density at radius 3 is 3.05 bits per heavy atom. The standard InChI is InChI=1S/C15H22N2O2/c1-2-5-13-6-3-9-16(11-8-13)15(18)14-7-4-10-17(19)12-14/h4,7,10,12-13H,2-3,5-6,8-9,11H2,1H3. The lowest BCUT2D eigenvalue weighted by Crippen LogP contribution is -2.34. The Kier molecular flexibility index (Phi) is 4.77. The van der Waals surface area contributed by atoms with Crippen LogP contribution in [-0.4, -0.2) is 23.9 Å². The highest BCUT2D eigenvalue weighted by Crippen LogP contribution is 2.22. The van der Waals surface area contributed by atoms with Crippen LogP contribution >= 0.6 is 0 Å². The van der Waals surface area contributed by atoms with E-state index in [0.29, 0.717) is 10.3 Å². The van der Waals surface area contributed by atoms with Crippen molar-refractivity contribution < 1.29 is 9.52 Å². The zero-order valence-electron chi connectivity index (χ0n) is 11.5. The van der Waals surface area contributed by atoms with Crippen LogP contribution in [0.15, 0.2) is 24.5 Å². The number of nitrogens with zero attached hydrogens (tertiary/aromatic N) is 2. The average molecular weight is 262 g/mol. The van der Waals surface area contributed by atoms with Gasteiger partial charge in [0.05, 0.1) is 0 Å². The van der Waals surface area contributed by atoms with Gasteiger partial charge in [0.1, 0.15) is 5.56 Å². The highest BCUT2D eigenvalue weighted by Gasteiger charge is 2.22. The van der Waals surface area contributed by atoms with Crippen LogP contribution in [0.5, 0.6) is 0 Å². The second-order valence-electron chi connectivity index (χ2n) is 5.33. The maximum atomic E-state index is 12.3. The van der Waals surface area contributed by atoms with Crippen molar-refractivity contribution in [3.05, 3.63) is 35.3 Å². The van der Waals surface area contributed by atoms with E-state index >= 15 is 0 Å². The molecule has 0 saturated carbocycles. The summed E-state index contributed by atoms with van der Waals surface area (Å²) in [6.45, 7) is 3.84. The van der Waals surface area contributed by atoms with Crippen LogP contribution in [-0.2, 0) is 0 Å². The van der Waals surface area contributed by atoms with Crippen LogP contribution in [0.4, 0.5) is 0 Å². The Hall–Kier alpha value is -1.58. The molecular formula is C15H22N2O2. The first-order chi connectivity index (χ1) is 9.20. The van der Waals surface area contributed by atoms with Gasteiger partial charge < -0.3 is 10.1 Å². The van der Waals surface area contributed by atoms with Crippen molar-refractivity contribution in [1.82, 2.24) is 4.90 Å². The normalized spacial score (nSPS) is 20.1. The molecule has 0 bridgehead atoms. The lowest BCUT2D eigenvalue weighted by atomic mass is 9.96. The quantitative estimate of drug-likeness (QED) is 0.620. The Bertz CT molecular complexity index is 434. The van der Waals surface area contributed by atoms with Crippen LogP contribution in [0.3, 0.4) is 0 Å². The molecule has 4 nitrogen and oxygen atoms in total. The van der Waals surface area contributed by atoms with Gasteiger partial charge in [-0.05, 0) is 31.2 Å². The third kappa shape index (κ3) is 3.69. The Morgan fingerprint density at radius 1 is 1.47 bits per heavy atom. The fourth-order valence-corrected chi connectivity index (χ4v) is 2.83. The minimum Gasteiger partial charge on any atom is -0.619 e. The molecule has 2 heterocycles. The summed E-state index contributed by atoms with van der Waals surface area (Å²) in [6, 6.07) is 3.34. The Morgan fingerprint density at radius 2 is 2.32 bits per heavy atom. The first kappa shape index (κ1) is 13.8. The SMILES string of the molecule is CCCC1CCCN(C(=O)c2ccc[n+]([O-])c2)CC1. The van der Waals surface area contributed by atoms with E-state index in [1.807, 2.05) is 4.90 Å². The first-order valence-corrected chi connectivity index (χ1v) is 7.19. The van der Waals surface area contributed by atoms with Gasteiger partial charge in [-0.3, -0.25) is 4.79 Å². The van der Waals surface area contributed by atoms with Crippen LogP contribution in [0.2, 0.25) is 0 Å². The molecule has 1 atom stereocenters. The van der Waals surface area contributed by atoms with Gasteiger partial charge in [-0.1, -0.05) is 19.8 Å². The zero-order valence-corrected chi connectivity index (χ0v) is 11.5. The second-order valence-corrected chi connectivity index (χ2v) is 5.33. The number of carbonyl (C=O) groups excluding carboxylic acids is 1. The third-order valence-electron chi connectivity index (χ3n) is 3.85. The van der Waals surface area contributed by atoms with Crippen molar-refractivity contribution >= 4 is 5.91 Å². The molecule has 104 valence electrons. The molecule has 4 heteroatoms. The molecule has 1 aromatic rings. The maximum Gasteiger partial charge on any atom is 0.259 e. The van der Waals surface area contributed by atoms with Gasteiger partial charge in [-0.15, -0.1) is 0 Å². The molecule has 2 rings (SSSR count).